The minimum atomic E-state index is -0.322. The topological polar surface area (TPSA) is 70.1 Å². The maximum Gasteiger partial charge on any atom is 0.259 e. The van der Waals surface area contributed by atoms with Crippen molar-refractivity contribution < 1.29 is 0 Å². The summed E-state index contributed by atoms with van der Waals surface area (Å²) < 4.78 is 0. The van der Waals surface area contributed by atoms with Gasteiger partial charge >= 0.3 is 0 Å². The summed E-state index contributed by atoms with van der Waals surface area (Å²) in [6.45, 7) is 3.71. The highest BCUT2D eigenvalue weighted by molar-refractivity contribution is 6.23. The Kier molecular flexibility index (Phi) is 6.65. The first-order chi connectivity index (χ1) is 17.5. The lowest BCUT2D eigenvalue weighted by Gasteiger charge is -2.23. The summed E-state index contributed by atoms with van der Waals surface area (Å²) in [7, 11) is 0. The fraction of sp³-hybridized carbons (Fsp3) is 0.100. The smallest absolute Gasteiger partial charge is 0.259 e. The van der Waals surface area contributed by atoms with Crippen LogP contribution in [-0.2, 0) is 0 Å². The average Bonchev–Trinajstić information content (AvgIpc) is 2.89. The monoisotopic (exact) mass is 492 g/mol. The lowest BCUT2D eigenvalue weighted by Crippen LogP contribution is -2.16. The Morgan fingerprint density at radius 1 is 0.750 bits per heavy atom. The Balaban J connectivity index is 0.000000148. The Hall–Kier alpha value is -4.22. The van der Waals surface area contributed by atoms with Crippen molar-refractivity contribution in [1.29, 1.82) is 0 Å². The van der Waals surface area contributed by atoms with E-state index in [1.54, 1.807) is 6.92 Å². The van der Waals surface area contributed by atoms with Gasteiger partial charge < -0.3 is 10.3 Å². The van der Waals surface area contributed by atoms with E-state index in [0.29, 0.717) is 11.2 Å². The number of aromatic nitrogens is 2. The SMILES string of the molecule is CC1=NC(Cl)c2c(cccc2-c2ccccc2)N1.Cc1nc2cccc(-c3ccccc3)c2c(=O)[nH]1. The van der Waals surface area contributed by atoms with Gasteiger partial charge in [0.1, 0.15) is 5.82 Å². The number of aromatic amines is 1. The van der Waals surface area contributed by atoms with Crippen molar-refractivity contribution in [3.05, 3.63) is 119 Å². The molecular weight excluding hydrogens is 468 g/mol. The van der Waals surface area contributed by atoms with Crippen molar-refractivity contribution in [2.45, 2.75) is 19.3 Å². The number of nitrogens with zero attached hydrogens (tertiary/aromatic N) is 2. The van der Waals surface area contributed by atoms with Crippen LogP contribution in [0.5, 0.6) is 0 Å². The summed E-state index contributed by atoms with van der Waals surface area (Å²) in [5, 5.41) is 3.91. The quantitative estimate of drug-likeness (QED) is 0.200. The Labute approximate surface area is 214 Å². The summed E-state index contributed by atoms with van der Waals surface area (Å²) >= 11 is 6.37. The molecule has 0 amide bonds. The standard InChI is InChI=1S/C15H13ClN2.C15H12N2O/c1-10-17-13-9-5-8-12(14(13)15(16)18-10)11-6-3-2-4-7-11;1-10-16-13-9-5-8-12(14(13)15(18)17-10)11-6-3-2-4-7-11/h2-9,15H,1H3,(H,17,18);2-9H,1H3,(H,16,17,18). The van der Waals surface area contributed by atoms with Gasteiger partial charge in [0.15, 0.2) is 5.50 Å². The van der Waals surface area contributed by atoms with Gasteiger partial charge in [-0.2, -0.15) is 0 Å². The molecule has 0 saturated carbocycles. The van der Waals surface area contributed by atoms with Gasteiger partial charge in [0.2, 0.25) is 0 Å². The van der Waals surface area contributed by atoms with Crippen molar-refractivity contribution in [3.8, 4) is 22.3 Å². The summed E-state index contributed by atoms with van der Waals surface area (Å²) in [6, 6.07) is 32.0. The zero-order valence-electron chi connectivity index (χ0n) is 20.0. The molecule has 5 aromatic rings. The lowest BCUT2D eigenvalue weighted by molar-refractivity contribution is 0.999. The molecule has 6 rings (SSSR count). The van der Waals surface area contributed by atoms with Gasteiger partial charge in [0.25, 0.3) is 5.56 Å². The van der Waals surface area contributed by atoms with Crippen LogP contribution >= 0.6 is 11.6 Å². The van der Waals surface area contributed by atoms with E-state index in [9.17, 15) is 4.79 Å². The van der Waals surface area contributed by atoms with Crippen LogP contribution < -0.4 is 10.9 Å². The Morgan fingerprint density at radius 3 is 2.06 bits per heavy atom. The first kappa shape index (κ1) is 23.5. The van der Waals surface area contributed by atoms with Gasteiger partial charge in [-0.15, -0.1) is 0 Å². The van der Waals surface area contributed by atoms with Crippen molar-refractivity contribution in [2.75, 3.05) is 5.32 Å². The van der Waals surface area contributed by atoms with Crippen LogP contribution in [0.1, 0.15) is 23.8 Å². The maximum absolute atomic E-state index is 12.1. The number of alkyl halides is 1. The molecule has 0 spiro atoms. The highest BCUT2D eigenvalue weighted by Crippen LogP contribution is 2.39. The third-order valence-electron chi connectivity index (χ3n) is 5.99. The van der Waals surface area contributed by atoms with E-state index in [0.717, 1.165) is 44.9 Å². The van der Waals surface area contributed by atoms with E-state index in [1.165, 1.54) is 0 Å². The number of hydrogen-bond donors (Lipinski definition) is 2. The summed E-state index contributed by atoms with van der Waals surface area (Å²) in [5.41, 5.74) is 6.67. The van der Waals surface area contributed by atoms with Crippen LogP contribution in [-0.4, -0.2) is 15.8 Å². The highest BCUT2D eigenvalue weighted by atomic mass is 35.5. The van der Waals surface area contributed by atoms with Crippen molar-refractivity contribution in [1.82, 2.24) is 9.97 Å². The second-order valence-electron chi connectivity index (χ2n) is 8.53. The normalized spacial score (nSPS) is 14.2. The predicted octanol–water partition coefficient (Wildman–Crippen LogP) is 7.33. The van der Waals surface area contributed by atoms with Crippen molar-refractivity contribution in [3.63, 3.8) is 0 Å². The summed E-state index contributed by atoms with van der Waals surface area (Å²) in [5.74, 6) is 1.49. The number of anilines is 1. The van der Waals surface area contributed by atoms with E-state index in [-0.39, 0.29) is 11.1 Å². The molecule has 4 aromatic carbocycles. The van der Waals surface area contributed by atoms with E-state index in [1.807, 2.05) is 85.8 Å². The van der Waals surface area contributed by atoms with Gasteiger partial charge in [-0.05, 0) is 48.2 Å². The fourth-order valence-electron chi connectivity index (χ4n) is 4.43. The molecular formula is C30H25ClN4O. The van der Waals surface area contributed by atoms with Crippen LogP contribution in [0.4, 0.5) is 5.69 Å². The van der Waals surface area contributed by atoms with Crippen molar-refractivity contribution >= 4 is 34.0 Å². The second-order valence-corrected chi connectivity index (χ2v) is 8.94. The largest absolute Gasteiger partial charge is 0.344 e. The molecule has 0 aliphatic carbocycles. The molecule has 0 bridgehead atoms. The Morgan fingerprint density at radius 2 is 1.36 bits per heavy atom. The molecule has 5 nitrogen and oxygen atoms in total. The van der Waals surface area contributed by atoms with Gasteiger partial charge in [0, 0.05) is 11.3 Å². The average molecular weight is 493 g/mol. The summed E-state index contributed by atoms with van der Waals surface area (Å²) in [4.78, 5) is 23.6. The minimum absolute atomic E-state index is 0.0862. The van der Waals surface area contributed by atoms with E-state index >= 15 is 0 Å². The third-order valence-corrected chi connectivity index (χ3v) is 6.30. The van der Waals surface area contributed by atoms with Gasteiger partial charge in [-0.1, -0.05) is 96.5 Å². The number of halogens is 1. The number of aryl methyl sites for hydroxylation is 1. The Bertz CT molecular complexity index is 1610. The maximum atomic E-state index is 12.1. The second kappa shape index (κ2) is 10.2. The molecule has 1 atom stereocenters. The molecule has 1 unspecified atom stereocenters. The van der Waals surface area contributed by atoms with E-state index < -0.39 is 0 Å². The zero-order chi connectivity index (χ0) is 25.1. The molecule has 0 fully saturated rings. The number of nitrogens with one attached hydrogen (secondary N) is 2. The van der Waals surface area contributed by atoms with Crippen molar-refractivity contribution in [2.24, 2.45) is 4.99 Å². The molecule has 1 aromatic heterocycles. The zero-order valence-corrected chi connectivity index (χ0v) is 20.8. The summed E-state index contributed by atoms with van der Waals surface area (Å²) in [6.07, 6.45) is 0. The van der Waals surface area contributed by atoms with Crippen LogP contribution in [0.25, 0.3) is 33.2 Å². The number of hydrogen-bond acceptors (Lipinski definition) is 4. The number of amidine groups is 1. The lowest BCUT2D eigenvalue weighted by atomic mass is 9.97. The molecule has 1 aliphatic rings. The first-order valence-corrected chi connectivity index (χ1v) is 12.1. The third kappa shape index (κ3) is 4.79. The number of fused-ring (bicyclic) bond motifs is 2. The molecule has 2 N–H and O–H groups in total. The van der Waals surface area contributed by atoms with Gasteiger partial charge in [0.05, 0.1) is 16.7 Å². The van der Waals surface area contributed by atoms with Crippen LogP contribution in [0, 0.1) is 6.92 Å². The molecule has 1 aliphatic heterocycles. The molecule has 36 heavy (non-hydrogen) atoms. The molecule has 178 valence electrons. The first-order valence-electron chi connectivity index (χ1n) is 11.7. The van der Waals surface area contributed by atoms with Crippen LogP contribution in [0.15, 0.2) is 107 Å². The van der Waals surface area contributed by atoms with Gasteiger partial charge in [-0.3, -0.25) is 4.79 Å². The van der Waals surface area contributed by atoms with Crippen LogP contribution in [0.2, 0.25) is 0 Å². The molecule has 6 heteroatoms. The van der Waals surface area contributed by atoms with E-state index in [2.05, 4.69) is 38.5 Å². The number of H-pyrrole nitrogens is 1. The number of rotatable bonds is 2. The predicted molar refractivity (Wildman–Crippen MR) is 150 cm³/mol. The fourth-order valence-corrected chi connectivity index (χ4v) is 4.81. The molecule has 2 heterocycles. The number of aliphatic imine (C=N–C) groups is 1. The highest BCUT2D eigenvalue weighted by Gasteiger charge is 2.21. The molecule has 0 radical (unpaired) electrons. The van der Waals surface area contributed by atoms with Gasteiger partial charge in [-0.25, -0.2) is 9.98 Å². The molecule has 0 saturated heterocycles. The minimum Gasteiger partial charge on any atom is -0.344 e. The van der Waals surface area contributed by atoms with E-state index in [4.69, 9.17) is 11.6 Å². The van der Waals surface area contributed by atoms with Crippen LogP contribution in [0.3, 0.4) is 0 Å². The number of benzene rings is 4.